The van der Waals surface area contributed by atoms with E-state index in [4.69, 9.17) is 0 Å². The highest BCUT2D eigenvalue weighted by Gasteiger charge is 2.10. The third-order valence-corrected chi connectivity index (χ3v) is 2.62. The van der Waals surface area contributed by atoms with Gasteiger partial charge in [0.05, 0.1) is 6.10 Å². The van der Waals surface area contributed by atoms with Crippen molar-refractivity contribution < 1.29 is 5.11 Å². The highest BCUT2D eigenvalue weighted by atomic mass is 16.3. The van der Waals surface area contributed by atoms with Crippen LogP contribution in [0.15, 0.2) is 30.3 Å². The summed E-state index contributed by atoms with van der Waals surface area (Å²) in [5.41, 5.74) is 1.32. The molecule has 2 unspecified atom stereocenters. The number of hydrogen-bond donors (Lipinski definition) is 1. The van der Waals surface area contributed by atoms with Crippen LogP contribution < -0.4 is 0 Å². The van der Waals surface area contributed by atoms with Crippen LogP contribution in [0.25, 0.3) is 0 Å². The molecule has 14 heavy (non-hydrogen) atoms. The normalized spacial score (nSPS) is 15.1. The molecule has 0 aromatic heterocycles. The zero-order valence-electron chi connectivity index (χ0n) is 9.11. The van der Waals surface area contributed by atoms with Crippen molar-refractivity contribution in [2.75, 3.05) is 0 Å². The molecule has 0 amide bonds. The topological polar surface area (TPSA) is 20.2 Å². The van der Waals surface area contributed by atoms with Crippen LogP contribution in [-0.4, -0.2) is 11.2 Å². The average molecular weight is 192 g/mol. The van der Waals surface area contributed by atoms with Gasteiger partial charge in [0.1, 0.15) is 0 Å². The van der Waals surface area contributed by atoms with Gasteiger partial charge in [0.15, 0.2) is 0 Å². The van der Waals surface area contributed by atoms with E-state index < -0.39 is 0 Å². The van der Waals surface area contributed by atoms with Crippen molar-refractivity contribution >= 4 is 0 Å². The highest BCUT2D eigenvalue weighted by Crippen LogP contribution is 2.21. The van der Waals surface area contributed by atoms with Crippen LogP contribution in [0.1, 0.15) is 44.6 Å². The van der Waals surface area contributed by atoms with Gasteiger partial charge in [-0.2, -0.15) is 0 Å². The van der Waals surface area contributed by atoms with Crippen molar-refractivity contribution in [2.24, 2.45) is 0 Å². The van der Waals surface area contributed by atoms with Crippen molar-refractivity contribution in [1.82, 2.24) is 0 Å². The zero-order valence-corrected chi connectivity index (χ0v) is 9.11. The maximum absolute atomic E-state index is 9.68. The molecule has 1 rings (SSSR count). The van der Waals surface area contributed by atoms with Crippen LogP contribution in [0.3, 0.4) is 0 Å². The minimum atomic E-state index is -0.143. The number of aliphatic hydroxyl groups excluding tert-OH is 1. The van der Waals surface area contributed by atoms with Gasteiger partial charge in [-0.15, -0.1) is 0 Å². The molecule has 0 aliphatic carbocycles. The van der Waals surface area contributed by atoms with Gasteiger partial charge >= 0.3 is 0 Å². The third kappa shape index (κ3) is 3.51. The van der Waals surface area contributed by atoms with Gasteiger partial charge < -0.3 is 5.11 Å². The van der Waals surface area contributed by atoms with E-state index in [9.17, 15) is 5.11 Å². The van der Waals surface area contributed by atoms with Crippen molar-refractivity contribution in [1.29, 1.82) is 0 Å². The lowest BCUT2D eigenvalue weighted by Crippen LogP contribution is -2.10. The van der Waals surface area contributed by atoms with E-state index in [0.717, 1.165) is 19.3 Å². The second-order valence-corrected chi connectivity index (χ2v) is 3.99. The van der Waals surface area contributed by atoms with E-state index >= 15 is 0 Å². The average Bonchev–Trinajstić information content (AvgIpc) is 2.19. The molecule has 1 heteroatoms. The molecule has 0 aliphatic rings. The molecule has 0 saturated carbocycles. The highest BCUT2D eigenvalue weighted by molar-refractivity contribution is 5.18. The minimum Gasteiger partial charge on any atom is -0.393 e. The van der Waals surface area contributed by atoms with E-state index in [1.54, 1.807) is 0 Å². The Morgan fingerprint density at radius 2 is 1.86 bits per heavy atom. The minimum absolute atomic E-state index is 0.143. The Balaban J connectivity index is 2.46. The predicted molar refractivity (Wildman–Crippen MR) is 60.4 cm³/mol. The molecule has 1 aromatic rings. The molecule has 78 valence electrons. The van der Waals surface area contributed by atoms with E-state index in [2.05, 4.69) is 38.1 Å². The zero-order chi connectivity index (χ0) is 10.4. The summed E-state index contributed by atoms with van der Waals surface area (Å²) in [5.74, 6) is 0.456. The standard InChI is InChI=1S/C13H20O/c1-3-7-13(14)10-11(2)12-8-5-4-6-9-12/h4-6,8-9,11,13-14H,3,7,10H2,1-2H3. The van der Waals surface area contributed by atoms with Gasteiger partial charge in [-0.25, -0.2) is 0 Å². The SMILES string of the molecule is CCCC(O)CC(C)c1ccccc1. The maximum Gasteiger partial charge on any atom is 0.0545 e. The second kappa shape index (κ2) is 5.82. The first-order chi connectivity index (χ1) is 6.74. The van der Waals surface area contributed by atoms with Gasteiger partial charge in [0.2, 0.25) is 0 Å². The molecule has 0 radical (unpaired) electrons. The number of rotatable bonds is 5. The number of benzene rings is 1. The molecule has 0 bridgehead atoms. The van der Waals surface area contributed by atoms with Crippen LogP contribution in [0.5, 0.6) is 0 Å². The molecule has 1 nitrogen and oxygen atoms in total. The van der Waals surface area contributed by atoms with Gasteiger partial charge in [0.25, 0.3) is 0 Å². The lowest BCUT2D eigenvalue weighted by atomic mass is 9.94. The van der Waals surface area contributed by atoms with E-state index in [0.29, 0.717) is 5.92 Å². The van der Waals surface area contributed by atoms with Gasteiger partial charge in [0, 0.05) is 0 Å². The first kappa shape index (κ1) is 11.3. The van der Waals surface area contributed by atoms with Crippen LogP contribution in [-0.2, 0) is 0 Å². The Morgan fingerprint density at radius 1 is 1.21 bits per heavy atom. The van der Waals surface area contributed by atoms with Gasteiger partial charge in [-0.05, 0) is 24.3 Å². The molecule has 0 heterocycles. The van der Waals surface area contributed by atoms with Gasteiger partial charge in [-0.1, -0.05) is 50.6 Å². The lowest BCUT2D eigenvalue weighted by molar-refractivity contribution is 0.146. The summed E-state index contributed by atoms with van der Waals surface area (Å²) in [6.45, 7) is 4.28. The fourth-order valence-corrected chi connectivity index (χ4v) is 1.78. The summed E-state index contributed by atoms with van der Waals surface area (Å²) in [7, 11) is 0. The molecule has 1 aromatic carbocycles. The second-order valence-electron chi connectivity index (χ2n) is 3.99. The smallest absolute Gasteiger partial charge is 0.0545 e. The molecule has 1 N–H and O–H groups in total. The van der Waals surface area contributed by atoms with Crippen molar-refractivity contribution in [3.63, 3.8) is 0 Å². The molecule has 0 saturated heterocycles. The quantitative estimate of drug-likeness (QED) is 0.758. The molecular formula is C13H20O. The van der Waals surface area contributed by atoms with Crippen molar-refractivity contribution in [3.8, 4) is 0 Å². The summed E-state index contributed by atoms with van der Waals surface area (Å²) in [5, 5.41) is 9.68. The first-order valence-electron chi connectivity index (χ1n) is 5.47. The largest absolute Gasteiger partial charge is 0.393 e. The Morgan fingerprint density at radius 3 is 2.43 bits per heavy atom. The summed E-state index contributed by atoms with van der Waals surface area (Å²) in [6, 6.07) is 10.4. The number of hydrogen-bond acceptors (Lipinski definition) is 1. The first-order valence-corrected chi connectivity index (χ1v) is 5.47. The molecule has 0 fully saturated rings. The van der Waals surface area contributed by atoms with Crippen LogP contribution in [0.2, 0.25) is 0 Å². The van der Waals surface area contributed by atoms with Gasteiger partial charge in [-0.3, -0.25) is 0 Å². The predicted octanol–water partition coefficient (Wildman–Crippen LogP) is 3.34. The fourth-order valence-electron chi connectivity index (χ4n) is 1.78. The summed E-state index contributed by atoms with van der Waals surface area (Å²) >= 11 is 0. The molecular weight excluding hydrogens is 172 g/mol. The fraction of sp³-hybridized carbons (Fsp3) is 0.538. The van der Waals surface area contributed by atoms with E-state index in [1.165, 1.54) is 5.56 Å². The Kier molecular flexibility index (Phi) is 4.68. The lowest BCUT2D eigenvalue weighted by Gasteiger charge is -2.16. The molecule has 0 aliphatic heterocycles. The van der Waals surface area contributed by atoms with Crippen molar-refractivity contribution in [3.05, 3.63) is 35.9 Å². The Hall–Kier alpha value is -0.820. The third-order valence-electron chi connectivity index (χ3n) is 2.62. The maximum atomic E-state index is 9.68. The van der Waals surface area contributed by atoms with Crippen molar-refractivity contribution in [2.45, 2.75) is 45.1 Å². The monoisotopic (exact) mass is 192 g/mol. The van der Waals surface area contributed by atoms with Crippen LogP contribution in [0.4, 0.5) is 0 Å². The number of aliphatic hydroxyl groups is 1. The van der Waals surface area contributed by atoms with Crippen LogP contribution >= 0.6 is 0 Å². The summed E-state index contributed by atoms with van der Waals surface area (Å²) < 4.78 is 0. The summed E-state index contributed by atoms with van der Waals surface area (Å²) in [6.07, 6.45) is 2.70. The van der Waals surface area contributed by atoms with E-state index in [1.807, 2.05) is 6.07 Å². The Bertz CT molecular complexity index is 243. The molecule has 2 atom stereocenters. The van der Waals surface area contributed by atoms with E-state index in [-0.39, 0.29) is 6.10 Å². The summed E-state index contributed by atoms with van der Waals surface area (Å²) in [4.78, 5) is 0. The van der Waals surface area contributed by atoms with Crippen LogP contribution in [0, 0.1) is 0 Å². The molecule has 0 spiro atoms. The Labute approximate surface area is 86.8 Å².